The van der Waals surface area contributed by atoms with E-state index in [-0.39, 0.29) is 0 Å². The predicted molar refractivity (Wildman–Crippen MR) is 53.0 cm³/mol. The summed E-state index contributed by atoms with van der Waals surface area (Å²) in [4.78, 5) is 11.2. The molecule has 9 nitrogen and oxygen atoms in total. The van der Waals surface area contributed by atoms with E-state index in [0.717, 1.165) is 0 Å². The number of hydrogen-bond acceptors (Lipinski definition) is 9. The molecule has 0 aliphatic carbocycles. The zero-order valence-electron chi connectivity index (χ0n) is 9.29. The summed E-state index contributed by atoms with van der Waals surface area (Å²) in [5.41, 5.74) is 0. The van der Waals surface area contributed by atoms with Crippen molar-refractivity contribution in [3.63, 3.8) is 0 Å². The van der Waals surface area contributed by atoms with Crippen molar-refractivity contribution in [2.75, 3.05) is 13.2 Å². The third-order valence-corrected chi connectivity index (χ3v) is 2.54. The Morgan fingerprint density at radius 1 is 1.22 bits per heavy atom. The van der Waals surface area contributed by atoms with Crippen LogP contribution in [-0.4, -0.2) is 86.6 Å². The van der Waals surface area contributed by atoms with Crippen molar-refractivity contribution in [2.24, 2.45) is 0 Å². The lowest BCUT2D eigenvalue weighted by molar-refractivity contribution is -0.292. The molecule has 0 radical (unpaired) electrons. The lowest BCUT2D eigenvalue weighted by Gasteiger charge is -2.39. The molecule has 106 valence electrons. The SMILES string of the molecule is O=C(O[C@H]1C(O)O[C@H](CO)[C@@H](O)[C@@H]1O)C(O)CO. The molecule has 0 spiro atoms. The maximum atomic E-state index is 11.2. The van der Waals surface area contributed by atoms with E-state index in [4.69, 9.17) is 20.1 Å². The average Bonchev–Trinajstić information content (AvgIpc) is 2.37. The van der Waals surface area contributed by atoms with Gasteiger partial charge in [-0.25, -0.2) is 4.79 Å². The largest absolute Gasteiger partial charge is 0.452 e. The van der Waals surface area contributed by atoms with E-state index in [1.54, 1.807) is 0 Å². The Bertz CT molecular complexity index is 283. The summed E-state index contributed by atoms with van der Waals surface area (Å²) in [6.07, 6.45) is -9.69. The summed E-state index contributed by atoms with van der Waals surface area (Å²) >= 11 is 0. The minimum absolute atomic E-state index is 0.644. The Labute approximate surface area is 102 Å². The van der Waals surface area contributed by atoms with Crippen LogP contribution in [0.3, 0.4) is 0 Å². The summed E-state index contributed by atoms with van der Waals surface area (Å²) < 4.78 is 9.24. The fourth-order valence-corrected chi connectivity index (χ4v) is 1.49. The van der Waals surface area contributed by atoms with Gasteiger partial charge in [0, 0.05) is 0 Å². The molecule has 1 fully saturated rings. The first-order valence-corrected chi connectivity index (χ1v) is 5.22. The summed E-state index contributed by atoms with van der Waals surface area (Å²) in [5, 5.41) is 54.8. The molecule has 1 saturated heterocycles. The Morgan fingerprint density at radius 2 is 1.83 bits per heavy atom. The lowest BCUT2D eigenvalue weighted by atomic mass is 9.99. The van der Waals surface area contributed by atoms with E-state index >= 15 is 0 Å². The van der Waals surface area contributed by atoms with Crippen LogP contribution in [0, 0.1) is 0 Å². The smallest absolute Gasteiger partial charge is 0.337 e. The molecule has 1 rings (SSSR count). The molecule has 18 heavy (non-hydrogen) atoms. The molecule has 0 amide bonds. The van der Waals surface area contributed by atoms with Gasteiger partial charge in [0.25, 0.3) is 0 Å². The van der Waals surface area contributed by atoms with Crippen molar-refractivity contribution >= 4 is 5.97 Å². The molecule has 1 heterocycles. The van der Waals surface area contributed by atoms with E-state index in [1.807, 2.05) is 0 Å². The van der Waals surface area contributed by atoms with Crippen molar-refractivity contribution < 1.29 is 44.9 Å². The van der Waals surface area contributed by atoms with Crippen molar-refractivity contribution in [1.82, 2.24) is 0 Å². The Balaban J connectivity index is 2.68. The molecule has 6 N–H and O–H groups in total. The summed E-state index contributed by atoms with van der Waals surface area (Å²) in [6, 6.07) is 0. The molecule has 0 aromatic carbocycles. The van der Waals surface area contributed by atoms with Crippen LogP contribution >= 0.6 is 0 Å². The first kappa shape index (κ1) is 15.2. The number of ether oxygens (including phenoxy) is 2. The van der Waals surface area contributed by atoms with Crippen LogP contribution in [0.15, 0.2) is 0 Å². The van der Waals surface area contributed by atoms with E-state index in [1.165, 1.54) is 0 Å². The van der Waals surface area contributed by atoms with Crippen molar-refractivity contribution in [3.8, 4) is 0 Å². The van der Waals surface area contributed by atoms with E-state index in [9.17, 15) is 20.1 Å². The summed E-state index contributed by atoms with van der Waals surface area (Å²) in [7, 11) is 0. The second-order valence-corrected chi connectivity index (χ2v) is 3.83. The van der Waals surface area contributed by atoms with Gasteiger partial charge in [-0.3, -0.25) is 0 Å². The van der Waals surface area contributed by atoms with Gasteiger partial charge in [0.05, 0.1) is 13.2 Å². The quantitative estimate of drug-likeness (QED) is 0.277. The minimum atomic E-state index is -1.82. The highest BCUT2D eigenvalue weighted by Gasteiger charge is 2.46. The third kappa shape index (κ3) is 3.14. The number of aliphatic hydroxyl groups is 6. The first-order chi connectivity index (χ1) is 8.42. The topological polar surface area (TPSA) is 157 Å². The van der Waals surface area contributed by atoms with Gasteiger partial charge in [0.2, 0.25) is 0 Å². The zero-order chi connectivity index (χ0) is 13.9. The van der Waals surface area contributed by atoms with Crippen LogP contribution in [0.4, 0.5) is 0 Å². The fourth-order valence-electron chi connectivity index (χ4n) is 1.49. The van der Waals surface area contributed by atoms with Gasteiger partial charge in [-0.15, -0.1) is 0 Å². The lowest BCUT2D eigenvalue weighted by Crippen LogP contribution is -2.60. The molecular formula is C9H16O9. The molecule has 0 aromatic rings. The van der Waals surface area contributed by atoms with Crippen LogP contribution in [0.5, 0.6) is 0 Å². The van der Waals surface area contributed by atoms with Gasteiger partial charge in [0.15, 0.2) is 18.5 Å². The van der Waals surface area contributed by atoms with Crippen molar-refractivity contribution in [3.05, 3.63) is 0 Å². The van der Waals surface area contributed by atoms with Gasteiger partial charge in [-0.05, 0) is 0 Å². The predicted octanol–water partition coefficient (Wildman–Crippen LogP) is -4.32. The van der Waals surface area contributed by atoms with Gasteiger partial charge >= 0.3 is 5.97 Å². The highest BCUT2D eigenvalue weighted by atomic mass is 16.7. The van der Waals surface area contributed by atoms with Crippen LogP contribution in [-0.2, 0) is 14.3 Å². The third-order valence-electron chi connectivity index (χ3n) is 2.54. The van der Waals surface area contributed by atoms with Gasteiger partial charge in [-0.1, -0.05) is 0 Å². The maximum absolute atomic E-state index is 11.2. The van der Waals surface area contributed by atoms with Crippen LogP contribution in [0.1, 0.15) is 0 Å². The number of carbonyl (C=O) groups excluding carboxylic acids is 1. The van der Waals surface area contributed by atoms with Crippen LogP contribution in [0.25, 0.3) is 0 Å². The highest BCUT2D eigenvalue weighted by Crippen LogP contribution is 2.22. The van der Waals surface area contributed by atoms with E-state index in [2.05, 4.69) is 4.74 Å². The average molecular weight is 268 g/mol. The molecule has 1 aliphatic rings. The molecule has 6 atom stereocenters. The molecule has 9 heteroatoms. The highest BCUT2D eigenvalue weighted by molar-refractivity contribution is 5.74. The second-order valence-electron chi connectivity index (χ2n) is 3.83. The number of carbonyl (C=O) groups is 1. The van der Waals surface area contributed by atoms with Crippen molar-refractivity contribution in [2.45, 2.75) is 36.8 Å². The molecule has 0 saturated carbocycles. The van der Waals surface area contributed by atoms with E-state index < -0.39 is 56.0 Å². The standard InChI is InChI=1S/C9H16O9/c10-1-3(12)8(15)18-7-6(14)5(13)4(2-11)17-9(7)16/h3-7,9-14,16H,1-2H2/t3?,4-,5-,6+,7-,9?/m1/s1. The van der Waals surface area contributed by atoms with Crippen LogP contribution in [0.2, 0.25) is 0 Å². The zero-order valence-corrected chi connectivity index (χ0v) is 9.29. The number of esters is 1. The van der Waals surface area contributed by atoms with Crippen molar-refractivity contribution in [1.29, 1.82) is 0 Å². The molecule has 0 bridgehead atoms. The summed E-state index contributed by atoms with van der Waals surface area (Å²) in [5.74, 6) is -1.28. The number of aliphatic hydroxyl groups excluding tert-OH is 6. The monoisotopic (exact) mass is 268 g/mol. The van der Waals surface area contributed by atoms with Crippen LogP contribution < -0.4 is 0 Å². The molecule has 1 aliphatic heterocycles. The minimum Gasteiger partial charge on any atom is -0.452 e. The normalized spacial score (nSPS) is 38.2. The Hall–Kier alpha value is -0.810. The molecular weight excluding hydrogens is 252 g/mol. The molecule has 0 aromatic heterocycles. The first-order valence-electron chi connectivity index (χ1n) is 5.22. The Morgan fingerprint density at radius 3 is 2.33 bits per heavy atom. The van der Waals surface area contributed by atoms with Gasteiger partial charge in [-0.2, -0.15) is 0 Å². The number of hydrogen-bond donors (Lipinski definition) is 6. The molecule has 2 unspecified atom stereocenters. The fraction of sp³-hybridized carbons (Fsp3) is 0.889. The van der Waals surface area contributed by atoms with Gasteiger partial charge in [0.1, 0.15) is 18.3 Å². The Kier molecular flexibility index (Phi) is 5.41. The second kappa shape index (κ2) is 6.38. The summed E-state index contributed by atoms with van der Waals surface area (Å²) in [6.45, 7) is -1.53. The maximum Gasteiger partial charge on any atom is 0.337 e. The number of rotatable bonds is 4. The van der Waals surface area contributed by atoms with Gasteiger partial charge < -0.3 is 40.1 Å². The van der Waals surface area contributed by atoms with E-state index in [0.29, 0.717) is 0 Å².